The second kappa shape index (κ2) is 5.11. The lowest BCUT2D eigenvalue weighted by Crippen LogP contribution is -1.85. The Hall–Kier alpha value is -0.890. The van der Waals surface area contributed by atoms with Gasteiger partial charge in [-0.1, -0.05) is 33.8 Å². The summed E-state index contributed by atoms with van der Waals surface area (Å²) in [5, 5.41) is 0. The summed E-state index contributed by atoms with van der Waals surface area (Å²) in [7, 11) is 0. The van der Waals surface area contributed by atoms with E-state index in [9.17, 15) is 0 Å². The van der Waals surface area contributed by atoms with Crippen molar-refractivity contribution in [2.24, 2.45) is 0 Å². The van der Waals surface area contributed by atoms with Crippen molar-refractivity contribution in [1.29, 1.82) is 0 Å². The van der Waals surface area contributed by atoms with Crippen LogP contribution in [0.1, 0.15) is 39.2 Å². The maximum atomic E-state index is 4.28. The van der Waals surface area contributed by atoms with Gasteiger partial charge in [0, 0.05) is 0 Å². The lowest BCUT2D eigenvalue weighted by Gasteiger charge is -2.03. The van der Waals surface area contributed by atoms with Gasteiger partial charge in [-0.25, -0.2) is 4.98 Å². The summed E-state index contributed by atoms with van der Waals surface area (Å²) in [6.07, 6.45) is 0. The van der Waals surface area contributed by atoms with Gasteiger partial charge in [0.15, 0.2) is 0 Å². The number of thiazole rings is 1. The SMILES string of the molecule is CC.CC(C)c1ccc2scnc2c1. The molecule has 0 saturated heterocycles. The predicted octanol–water partition coefficient (Wildman–Crippen LogP) is 4.45. The van der Waals surface area contributed by atoms with Crippen LogP contribution in [-0.2, 0) is 0 Å². The molecule has 1 nitrogen and oxygen atoms in total. The number of fused-ring (bicyclic) bond motifs is 1. The highest BCUT2D eigenvalue weighted by molar-refractivity contribution is 7.16. The van der Waals surface area contributed by atoms with Crippen LogP contribution in [0, 0.1) is 0 Å². The Morgan fingerprint density at radius 2 is 1.93 bits per heavy atom. The number of aromatic nitrogens is 1. The Kier molecular flexibility index (Phi) is 4.08. The summed E-state index contributed by atoms with van der Waals surface area (Å²) in [5.41, 5.74) is 4.40. The van der Waals surface area contributed by atoms with Gasteiger partial charge in [-0.05, 0) is 23.6 Å². The van der Waals surface area contributed by atoms with Crippen molar-refractivity contribution in [2.45, 2.75) is 33.6 Å². The normalized spacial score (nSPS) is 10.1. The molecule has 0 atom stereocenters. The Bertz CT molecular complexity index is 390. The number of nitrogens with zero attached hydrogens (tertiary/aromatic N) is 1. The van der Waals surface area contributed by atoms with Gasteiger partial charge in [0.05, 0.1) is 15.7 Å². The number of benzene rings is 1. The minimum atomic E-state index is 0.594. The lowest BCUT2D eigenvalue weighted by atomic mass is 10.0. The molecule has 0 radical (unpaired) electrons. The van der Waals surface area contributed by atoms with Gasteiger partial charge in [0.25, 0.3) is 0 Å². The molecular weight excluding hydrogens is 190 g/mol. The fourth-order valence-electron chi connectivity index (χ4n) is 1.23. The first-order chi connectivity index (χ1) is 6.77. The van der Waals surface area contributed by atoms with Gasteiger partial charge in [-0.15, -0.1) is 11.3 Å². The van der Waals surface area contributed by atoms with E-state index in [0.717, 1.165) is 5.52 Å². The molecule has 0 unspecified atom stereocenters. The molecule has 0 aliphatic carbocycles. The van der Waals surface area contributed by atoms with Crippen LogP contribution < -0.4 is 0 Å². The van der Waals surface area contributed by atoms with E-state index in [1.807, 2.05) is 19.4 Å². The molecular formula is C12H17NS. The Labute approximate surface area is 89.8 Å². The Balaban J connectivity index is 0.000000461. The zero-order chi connectivity index (χ0) is 10.6. The largest absolute Gasteiger partial charge is 0.245 e. The monoisotopic (exact) mass is 207 g/mol. The van der Waals surface area contributed by atoms with E-state index in [1.54, 1.807) is 11.3 Å². The first-order valence-corrected chi connectivity index (χ1v) is 5.98. The van der Waals surface area contributed by atoms with Crippen LogP contribution in [0.3, 0.4) is 0 Å². The smallest absolute Gasteiger partial charge is 0.0814 e. The molecule has 2 rings (SSSR count). The van der Waals surface area contributed by atoms with Crippen LogP contribution in [0.2, 0.25) is 0 Å². The van der Waals surface area contributed by atoms with Crippen molar-refractivity contribution < 1.29 is 0 Å². The second-order valence-electron chi connectivity index (χ2n) is 3.23. The highest BCUT2D eigenvalue weighted by atomic mass is 32.1. The molecule has 0 bridgehead atoms. The summed E-state index contributed by atoms with van der Waals surface area (Å²) in [4.78, 5) is 4.28. The molecule has 14 heavy (non-hydrogen) atoms. The van der Waals surface area contributed by atoms with Crippen molar-refractivity contribution in [3.63, 3.8) is 0 Å². The van der Waals surface area contributed by atoms with Crippen LogP contribution in [0.15, 0.2) is 23.7 Å². The zero-order valence-corrected chi connectivity index (χ0v) is 10.1. The van der Waals surface area contributed by atoms with Gasteiger partial charge >= 0.3 is 0 Å². The second-order valence-corrected chi connectivity index (χ2v) is 4.12. The molecule has 0 spiro atoms. The number of hydrogen-bond donors (Lipinski definition) is 0. The highest BCUT2D eigenvalue weighted by Gasteiger charge is 2.01. The molecule has 2 aromatic rings. The van der Waals surface area contributed by atoms with E-state index < -0.39 is 0 Å². The standard InChI is InChI=1S/C10H11NS.C2H6/c1-7(2)8-3-4-10-9(5-8)11-6-12-10;1-2/h3-7H,1-2H3;1-2H3. The average Bonchev–Trinajstić information content (AvgIpc) is 2.67. The third-order valence-corrected chi connectivity index (χ3v) is 2.83. The van der Waals surface area contributed by atoms with Crippen LogP contribution in [-0.4, -0.2) is 4.98 Å². The Morgan fingerprint density at radius 3 is 2.57 bits per heavy atom. The van der Waals surface area contributed by atoms with E-state index in [1.165, 1.54) is 10.3 Å². The van der Waals surface area contributed by atoms with Gasteiger partial charge in [-0.3, -0.25) is 0 Å². The summed E-state index contributed by atoms with van der Waals surface area (Å²) >= 11 is 1.70. The molecule has 1 aromatic heterocycles. The molecule has 0 N–H and O–H groups in total. The summed E-state index contributed by atoms with van der Waals surface area (Å²) < 4.78 is 1.28. The molecule has 1 aromatic carbocycles. The average molecular weight is 207 g/mol. The fourth-order valence-corrected chi connectivity index (χ4v) is 1.89. The fraction of sp³-hybridized carbons (Fsp3) is 0.417. The first-order valence-electron chi connectivity index (χ1n) is 5.10. The van der Waals surface area contributed by atoms with Crippen LogP contribution in [0.25, 0.3) is 10.2 Å². The van der Waals surface area contributed by atoms with Crippen molar-refractivity contribution in [3.05, 3.63) is 29.3 Å². The quantitative estimate of drug-likeness (QED) is 0.673. The van der Waals surface area contributed by atoms with Gasteiger partial charge in [0.1, 0.15) is 0 Å². The van der Waals surface area contributed by atoms with Gasteiger partial charge in [0.2, 0.25) is 0 Å². The van der Waals surface area contributed by atoms with Gasteiger partial charge in [-0.2, -0.15) is 0 Å². The summed E-state index contributed by atoms with van der Waals surface area (Å²) in [6, 6.07) is 6.52. The van der Waals surface area contributed by atoms with Crippen molar-refractivity contribution in [3.8, 4) is 0 Å². The van der Waals surface area contributed by atoms with Crippen LogP contribution in [0.5, 0.6) is 0 Å². The number of rotatable bonds is 1. The molecule has 2 heteroatoms. The Morgan fingerprint density at radius 1 is 1.21 bits per heavy atom. The van der Waals surface area contributed by atoms with E-state index >= 15 is 0 Å². The molecule has 1 heterocycles. The van der Waals surface area contributed by atoms with Crippen LogP contribution >= 0.6 is 11.3 Å². The molecule has 0 aliphatic heterocycles. The van der Waals surface area contributed by atoms with E-state index in [-0.39, 0.29) is 0 Å². The minimum Gasteiger partial charge on any atom is -0.245 e. The number of hydrogen-bond acceptors (Lipinski definition) is 2. The zero-order valence-electron chi connectivity index (χ0n) is 9.24. The molecule has 0 saturated carbocycles. The minimum absolute atomic E-state index is 0.594. The third kappa shape index (κ3) is 2.32. The van der Waals surface area contributed by atoms with Crippen LogP contribution in [0.4, 0.5) is 0 Å². The van der Waals surface area contributed by atoms with E-state index in [4.69, 9.17) is 0 Å². The van der Waals surface area contributed by atoms with Gasteiger partial charge < -0.3 is 0 Å². The maximum Gasteiger partial charge on any atom is 0.0814 e. The van der Waals surface area contributed by atoms with Crippen molar-refractivity contribution >= 4 is 21.6 Å². The molecule has 76 valence electrons. The first kappa shape index (κ1) is 11.2. The van der Waals surface area contributed by atoms with E-state index in [0.29, 0.717) is 5.92 Å². The third-order valence-electron chi connectivity index (χ3n) is 2.02. The molecule has 0 fully saturated rings. The topological polar surface area (TPSA) is 12.9 Å². The maximum absolute atomic E-state index is 4.28. The van der Waals surface area contributed by atoms with Crippen molar-refractivity contribution in [2.75, 3.05) is 0 Å². The summed E-state index contributed by atoms with van der Waals surface area (Å²) in [5.74, 6) is 0.594. The molecule has 0 amide bonds. The molecule has 0 aliphatic rings. The highest BCUT2D eigenvalue weighted by Crippen LogP contribution is 2.22. The lowest BCUT2D eigenvalue weighted by molar-refractivity contribution is 0.868. The van der Waals surface area contributed by atoms with Crippen molar-refractivity contribution in [1.82, 2.24) is 4.98 Å². The predicted molar refractivity (Wildman–Crippen MR) is 65.1 cm³/mol. The van der Waals surface area contributed by atoms with E-state index in [2.05, 4.69) is 37.0 Å². The summed E-state index contributed by atoms with van der Waals surface area (Å²) in [6.45, 7) is 8.40.